The molecule has 7 aromatic rings. The Labute approximate surface area is 266 Å². The van der Waals surface area contributed by atoms with Crippen LogP contribution in [-0.4, -0.2) is 4.98 Å². The van der Waals surface area contributed by atoms with Crippen LogP contribution in [0, 0.1) is 3.57 Å². The van der Waals surface area contributed by atoms with E-state index in [0.29, 0.717) is 0 Å². The third-order valence-corrected chi connectivity index (χ3v) is 8.30. The molecule has 0 radical (unpaired) electrons. The minimum Gasteiger partial charge on any atom is -0.248 e. The molecule has 0 unspecified atom stereocenters. The third-order valence-electron chi connectivity index (χ3n) is 7.68. The predicted molar refractivity (Wildman–Crippen MR) is 190 cm³/mol. The first kappa shape index (κ1) is 27.1. The van der Waals surface area contributed by atoms with Crippen molar-refractivity contribution in [3.8, 4) is 67.0 Å². The van der Waals surface area contributed by atoms with Crippen molar-refractivity contribution in [1.29, 1.82) is 0 Å². The van der Waals surface area contributed by atoms with Gasteiger partial charge in [0.25, 0.3) is 0 Å². The normalized spacial score (nSPS) is 10.9. The summed E-state index contributed by atoms with van der Waals surface area (Å²) in [5.41, 5.74) is 13.6. The van der Waals surface area contributed by atoms with E-state index in [-0.39, 0.29) is 0 Å². The van der Waals surface area contributed by atoms with E-state index in [2.05, 4.69) is 192 Å². The molecule has 0 fully saturated rings. The summed E-state index contributed by atoms with van der Waals surface area (Å²) < 4.78 is 1.15. The van der Waals surface area contributed by atoms with Gasteiger partial charge in [-0.25, -0.2) is 4.98 Å². The molecule has 0 atom stereocenters. The lowest BCUT2D eigenvalue weighted by Gasteiger charge is -2.14. The standard InChI is InChI=1S/C41H28IN/c42-39-27-40(37-23-33(29-13-5-1-6-14-29)21-34(24-37)30-15-7-2-8-16-30)43-41(28-39)38-25-35(31-17-9-3-10-18-31)22-36(26-38)32-19-11-4-12-20-32/h1-28H. The molecule has 1 heterocycles. The second-order valence-corrected chi connectivity index (χ2v) is 11.9. The van der Waals surface area contributed by atoms with Crippen molar-refractivity contribution in [1.82, 2.24) is 4.98 Å². The monoisotopic (exact) mass is 661 g/mol. The van der Waals surface area contributed by atoms with Gasteiger partial charge < -0.3 is 0 Å². The van der Waals surface area contributed by atoms with Crippen LogP contribution in [0.15, 0.2) is 170 Å². The topological polar surface area (TPSA) is 12.9 Å². The molecule has 0 saturated carbocycles. The van der Waals surface area contributed by atoms with Crippen molar-refractivity contribution in [2.75, 3.05) is 0 Å². The number of rotatable bonds is 6. The first-order valence-electron chi connectivity index (χ1n) is 14.4. The van der Waals surface area contributed by atoms with Crippen LogP contribution < -0.4 is 0 Å². The van der Waals surface area contributed by atoms with Gasteiger partial charge >= 0.3 is 0 Å². The highest BCUT2D eigenvalue weighted by Crippen LogP contribution is 2.36. The lowest BCUT2D eigenvalue weighted by atomic mass is 9.94. The van der Waals surface area contributed by atoms with Crippen LogP contribution in [0.2, 0.25) is 0 Å². The Morgan fingerprint density at radius 1 is 0.279 bits per heavy atom. The van der Waals surface area contributed by atoms with Crippen molar-refractivity contribution in [3.63, 3.8) is 0 Å². The molecule has 0 spiro atoms. The first-order chi connectivity index (χ1) is 21.2. The molecule has 0 aliphatic carbocycles. The van der Waals surface area contributed by atoms with Crippen molar-refractivity contribution in [2.45, 2.75) is 0 Å². The molecule has 1 nitrogen and oxygen atoms in total. The van der Waals surface area contributed by atoms with Crippen LogP contribution in [0.1, 0.15) is 0 Å². The molecule has 0 amide bonds. The average Bonchev–Trinajstić information content (AvgIpc) is 3.09. The zero-order valence-electron chi connectivity index (χ0n) is 23.5. The molecule has 6 aromatic carbocycles. The summed E-state index contributed by atoms with van der Waals surface area (Å²) >= 11 is 2.43. The lowest BCUT2D eigenvalue weighted by molar-refractivity contribution is 1.31. The maximum absolute atomic E-state index is 5.31. The maximum Gasteiger partial charge on any atom is 0.0720 e. The van der Waals surface area contributed by atoms with E-state index in [1.807, 2.05) is 0 Å². The predicted octanol–water partition coefficient (Wildman–Crippen LogP) is 11.7. The maximum atomic E-state index is 5.31. The molecular formula is C41H28IN. The Kier molecular flexibility index (Phi) is 7.68. The Morgan fingerprint density at radius 3 is 0.814 bits per heavy atom. The molecule has 0 N–H and O–H groups in total. The number of nitrogens with zero attached hydrogens (tertiary/aromatic N) is 1. The van der Waals surface area contributed by atoms with Crippen LogP contribution in [0.4, 0.5) is 0 Å². The number of hydrogen-bond acceptors (Lipinski definition) is 1. The summed E-state index contributed by atoms with van der Waals surface area (Å²) in [5.74, 6) is 0. The second kappa shape index (κ2) is 12.2. The molecule has 2 heteroatoms. The van der Waals surface area contributed by atoms with Gasteiger partial charge in [0, 0.05) is 14.7 Å². The number of hydrogen-bond donors (Lipinski definition) is 0. The molecule has 0 saturated heterocycles. The summed E-state index contributed by atoms with van der Waals surface area (Å²) in [6.45, 7) is 0. The van der Waals surface area contributed by atoms with Gasteiger partial charge in [-0.1, -0.05) is 121 Å². The molecule has 1 aromatic heterocycles. The van der Waals surface area contributed by atoms with E-state index in [4.69, 9.17) is 4.98 Å². The van der Waals surface area contributed by atoms with Gasteiger partial charge in [0.05, 0.1) is 11.4 Å². The summed E-state index contributed by atoms with van der Waals surface area (Å²) in [6, 6.07) is 60.3. The largest absolute Gasteiger partial charge is 0.248 e. The highest BCUT2D eigenvalue weighted by molar-refractivity contribution is 14.1. The number of aromatic nitrogens is 1. The fourth-order valence-electron chi connectivity index (χ4n) is 5.53. The highest BCUT2D eigenvalue weighted by atomic mass is 127. The van der Waals surface area contributed by atoms with Crippen LogP contribution in [0.25, 0.3) is 67.0 Å². The lowest BCUT2D eigenvalue weighted by Crippen LogP contribution is -1.93. The molecule has 0 aliphatic rings. The molecule has 43 heavy (non-hydrogen) atoms. The van der Waals surface area contributed by atoms with Crippen LogP contribution in [0.5, 0.6) is 0 Å². The summed E-state index contributed by atoms with van der Waals surface area (Å²) in [6.07, 6.45) is 0. The van der Waals surface area contributed by atoms with Gasteiger partial charge in [0.1, 0.15) is 0 Å². The average molecular weight is 662 g/mol. The molecule has 0 aliphatic heterocycles. The van der Waals surface area contributed by atoms with E-state index >= 15 is 0 Å². The van der Waals surface area contributed by atoms with Gasteiger partial charge in [0.15, 0.2) is 0 Å². The summed E-state index contributed by atoms with van der Waals surface area (Å²) in [5, 5.41) is 0. The summed E-state index contributed by atoms with van der Waals surface area (Å²) in [7, 11) is 0. The Morgan fingerprint density at radius 2 is 0.535 bits per heavy atom. The van der Waals surface area contributed by atoms with E-state index in [1.54, 1.807) is 0 Å². The third kappa shape index (κ3) is 6.06. The van der Waals surface area contributed by atoms with Gasteiger partial charge in [0.2, 0.25) is 0 Å². The van der Waals surface area contributed by atoms with E-state index in [9.17, 15) is 0 Å². The SMILES string of the molecule is Ic1cc(-c2cc(-c3ccccc3)cc(-c3ccccc3)c2)nc(-c2cc(-c3ccccc3)cc(-c3ccccc3)c2)c1. The van der Waals surface area contributed by atoms with E-state index in [1.165, 1.54) is 44.5 Å². The van der Waals surface area contributed by atoms with E-state index < -0.39 is 0 Å². The minimum absolute atomic E-state index is 0.961. The fraction of sp³-hybridized carbons (Fsp3) is 0. The van der Waals surface area contributed by atoms with Crippen LogP contribution in [0.3, 0.4) is 0 Å². The van der Waals surface area contributed by atoms with Gasteiger partial charge in [-0.15, -0.1) is 0 Å². The molecule has 0 bridgehead atoms. The van der Waals surface area contributed by atoms with Gasteiger partial charge in [-0.05, 0) is 116 Å². The fourth-order valence-corrected chi connectivity index (χ4v) is 6.12. The van der Waals surface area contributed by atoms with Crippen LogP contribution in [-0.2, 0) is 0 Å². The second-order valence-electron chi connectivity index (χ2n) is 10.6. The molecule has 7 rings (SSSR count). The quantitative estimate of drug-likeness (QED) is 0.162. The Bertz CT molecular complexity index is 1740. The Balaban J connectivity index is 1.40. The molecular weight excluding hydrogens is 633 g/mol. The minimum atomic E-state index is 0.961. The zero-order valence-corrected chi connectivity index (χ0v) is 25.6. The smallest absolute Gasteiger partial charge is 0.0720 e. The molecule has 204 valence electrons. The van der Waals surface area contributed by atoms with Gasteiger partial charge in [-0.2, -0.15) is 0 Å². The zero-order chi connectivity index (χ0) is 29.0. The van der Waals surface area contributed by atoms with Crippen molar-refractivity contribution >= 4 is 22.6 Å². The number of pyridine rings is 1. The van der Waals surface area contributed by atoms with Crippen molar-refractivity contribution in [2.24, 2.45) is 0 Å². The number of benzene rings is 6. The van der Waals surface area contributed by atoms with Crippen molar-refractivity contribution < 1.29 is 0 Å². The first-order valence-corrected chi connectivity index (χ1v) is 15.5. The highest BCUT2D eigenvalue weighted by Gasteiger charge is 2.13. The van der Waals surface area contributed by atoms with E-state index in [0.717, 1.165) is 26.1 Å². The van der Waals surface area contributed by atoms with Crippen LogP contribution >= 0.6 is 22.6 Å². The van der Waals surface area contributed by atoms with Crippen molar-refractivity contribution in [3.05, 3.63) is 173 Å². The van der Waals surface area contributed by atoms with Gasteiger partial charge in [-0.3, -0.25) is 0 Å². The Hall–Kier alpha value is -4.80. The number of halogens is 1. The summed E-state index contributed by atoms with van der Waals surface area (Å²) in [4.78, 5) is 5.31.